The second kappa shape index (κ2) is 5.48. The van der Waals surface area contributed by atoms with Crippen LogP contribution in [0.15, 0.2) is 22.7 Å². The monoisotopic (exact) mass is 281 g/mol. The molecule has 10 heteroatoms. The smallest absolute Gasteiger partial charge is 0.433 e. The number of carbonyl (C=O) groups is 1. The molecule has 0 amide bonds. The quantitative estimate of drug-likeness (QED) is 0.544. The maximum atomic E-state index is 10.6. The third-order valence-corrected chi connectivity index (χ3v) is 2.48. The topological polar surface area (TPSA) is 150 Å². The van der Waals surface area contributed by atoms with Crippen molar-refractivity contribution in [2.45, 2.75) is 19.0 Å². The van der Waals surface area contributed by atoms with Gasteiger partial charge in [0.05, 0.1) is 11.8 Å². The lowest BCUT2D eigenvalue weighted by atomic mass is 10.2. The average molecular weight is 281 g/mol. The zero-order valence-corrected chi connectivity index (χ0v) is 10.2. The van der Waals surface area contributed by atoms with E-state index in [1.807, 2.05) is 0 Å². The molecule has 106 valence electrons. The maximum absolute atomic E-state index is 10.6. The lowest BCUT2D eigenvalue weighted by Gasteiger charge is -2.01. The maximum Gasteiger partial charge on any atom is 0.433 e. The van der Waals surface area contributed by atoms with Crippen LogP contribution in [0.3, 0.4) is 0 Å². The summed E-state index contributed by atoms with van der Waals surface area (Å²) < 4.78 is 6.35. The summed E-state index contributed by atoms with van der Waals surface area (Å²) >= 11 is 0. The molecule has 0 saturated heterocycles. The molecule has 0 aliphatic carbocycles. The fraction of sp³-hybridized carbons (Fsp3) is 0.300. The van der Waals surface area contributed by atoms with Crippen LogP contribution in [0.25, 0.3) is 0 Å². The minimum atomic E-state index is -1.12. The van der Waals surface area contributed by atoms with Gasteiger partial charge in [0.25, 0.3) is 0 Å². The molecule has 2 aromatic rings. The van der Waals surface area contributed by atoms with E-state index in [9.17, 15) is 14.9 Å². The summed E-state index contributed by atoms with van der Waals surface area (Å²) in [6.07, 6.45) is 1.56. The third-order valence-electron chi connectivity index (χ3n) is 2.48. The van der Waals surface area contributed by atoms with Crippen molar-refractivity contribution in [3.05, 3.63) is 39.9 Å². The van der Waals surface area contributed by atoms with Crippen LogP contribution >= 0.6 is 0 Å². The van der Waals surface area contributed by atoms with Crippen LogP contribution in [-0.4, -0.2) is 37.0 Å². The van der Waals surface area contributed by atoms with Gasteiger partial charge in [0.1, 0.15) is 23.3 Å². The first-order chi connectivity index (χ1) is 9.45. The normalized spacial score (nSPS) is 12.2. The van der Waals surface area contributed by atoms with E-state index in [1.165, 1.54) is 23.0 Å². The van der Waals surface area contributed by atoms with Gasteiger partial charge in [0.2, 0.25) is 0 Å². The molecular formula is C10H11N5O5. The fourth-order valence-corrected chi connectivity index (χ4v) is 1.53. The summed E-state index contributed by atoms with van der Waals surface area (Å²) in [7, 11) is 0. The van der Waals surface area contributed by atoms with Gasteiger partial charge in [-0.2, -0.15) is 0 Å². The van der Waals surface area contributed by atoms with E-state index in [2.05, 4.69) is 10.3 Å². The Kier molecular flexibility index (Phi) is 3.75. The Morgan fingerprint density at radius 3 is 2.95 bits per heavy atom. The Hall–Kier alpha value is -2.75. The third kappa shape index (κ3) is 3.17. The van der Waals surface area contributed by atoms with Crippen molar-refractivity contribution in [1.82, 2.24) is 15.0 Å². The summed E-state index contributed by atoms with van der Waals surface area (Å²) in [5.74, 6) is -1.13. The summed E-state index contributed by atoms with van der Waals surface area (Å²) in [6, 6.07) is 1.65. The van der Waals surface area contributed by atoms with E-state index >= 15 is 0 Å². The summed E-state index contributed by atoms with van der Waals surface area (Å²) in [6.45, 7) is 0.156. The van der Waals surface area contributed by atoms with Crippen LogP contribution in [0.5, 0.6) is 0 Å². The SMILES string of the molecule is NC(Cc1cn(Cc2ccc([N+](=O)[O-])o2)nn1)C(=O)O. The highest BCUT2D eigenvalue weighted by atomic mass is 16.6. The number of nitro groups is 1. The van der Waals surface area contributed by atoms with E-state index in [0.29, 0.717) is 11.5 Å². The van der Waals surface area contributed by atoms with E-state index < -0.39 is 16.9 Å². The van der Waals surface area contributed by atoms with Crippen LogP contribution in [0.4, 0.5) is 5.88 Å². The van der Waals surface area contributed by atoms with Crippen LogP contribution in [0, 0.1) is 10.1 Å². The Morgan fingerprint density at radius 2 is 2.35 bits per heavy atom. The Bertz CT molecular complexity index is 634. The molecule has 1 unspecified atom stereocenters. The molecule has 0 bridgehead atoms. The molecular weight excluding hydrogens is 270 g/mol. The zero-order chi connectivity index (χ0) is 14.7. The van der Waals surface area contributed by atoms with Crippen molar-refractivity contribution in [1.29, 1.82) is 0 Å². The first-order valence-electron chi connectivity index (χ1n) is 5.56. The second-order valence-corrected chi connectivity index (χ2v) is 4.05. The fourth-order valence-electron chi connectivity index (χ4n) is 1.53. The Morgan fingerprint density at radius 1 is 1.60 bits per heavy atom. The highest BCUT2D eigenvalue weighted by molar-refractivity contribution is 5.73. The number of furan rings is 1. The van der Waals surface area contributed by atoms with Crippen molar-refractivity contribution in [3.63, 3.8) is 0 Å². The van der Waals surface area contributed by atoms with Crippen molar-refractivity contribution < 1.29 is 19.2 Å². The molecule has 10 nitrogen and oxygen atoms in total. The van der Waals surface area contributed by atoms with Crippen molar-refractivity contribution >= 4 is 11.9 Å². The first-order valence-corrected chi connectivity index (χ1v) is 5.56. The van der Waals surface area contributed by atoms with Crippen LogP contribution in [0.2, 0.25) is 0 Å². The largest absolute Gasteiger partial charge is 0.480 e. The van der Waals surface area contributed by atoms with Gasteiger partial charge in [-0.05, 0) is 6.07 Å². The number of hydrogen-bond acceptors (Lipinski definition) is 7. The van der Waals surface area contributed by atoms with Gasteiger partial charge in [-0.25, -0.2) is 4.68 Å². The number of aromatic nitrogens is 3. The molecule has 3 N–H and O–H groups in total. The number of hydrogen-bond donors (Lipinski definition) is 2. The van der Waals surface area contributed by atoms with Gasteiger partial charge >= 0.3 is 11.9 Å². The molecule has 0 radical (unpaired) electrons. The number of carboxylic acids is 1. The number of carboxylic acid groups (broad SMARTS) is 1. The molecule has 1 atom stereocenters. The summed E-state index contributed by atoms with van der Waals surface area (Å²) in [5, 5.41) is 26.7. The predicted octanol–water partition coefficient (Wildman–Crippen LogP) is -0.218. The molecule has 0 saturated carbocycles. The van der Waals surface area contributed by atoms with Crippen LogP contribution < -0.4 is 5.73 Å². The summed E-state index contributed by atoms with van der Waals surface area (Å²) in [4.78, 5) is 20.4. The Labute approximate surface area is 111 Å². The van der Waals surface area contributed by atoms with Crippen molar-refractivity contribution in [2.75, 3.05) is 0 Å². The highest BCUT2D eigenvalue weighted by Gasteiger charge is 2.16. The number of nitrogens with two attached hydrogens (primary N) is 1. The number of nitrogens with zero attached hydrogens (tertiary/aromatic N) is 4. The van der Waals surface area contributed by atoms with Gasteiger partial charge in [0, 0.05) is 12.6 Å². The first kappa shape index (κ1) is 13.7. The highest BCUT2D eigenvalue weighted by Crippen LogP contribution is 2.16. The van der Waals surface area contributed by atoms with Gasteiger partial charge in [-0.15, -0.1) is 5.10 Å². The van der Waals surface area contributed by atoms with Crippen LogP contribution in [-0.2, 0) is 17.8 Å². The summed E-state index contributed by atoms with van der Waals surface area (Å²) in [5.41, 5.74) is 5.79. The molecule has 0 spiro atoms. The van der Waals surface area contributed by atoms with Gasteiger partial charge in [-0.1, -0.05) is 5.21 Å². The Balaban J connectivity index is 2.01. The minimum absolute atomic E-state index is 0.0492. The molecule has 2 heterocycles. The predicted molar refractivity (Wildman–Crippen MR) is 63.8 cm³/mol. The van der Waals surface area contributed by atoms with E-state index in [1.54, 1.807) is 0 Å². The number of rotatable bonds is 6. The average Bonchev–Trinajstić information content (AvgIpc) is 2.99. The van der Waals surface area contributed by atoms with Gasteiger partial charge in [-0.3, -0.25) is 14.9 Å². The molecule has 0 fully saturated rings. The zero-order valence-electron chi connectivity index (χ0n) is 10.2. The van der Waals surface area contributed by atoms with E-state index in [-0.39, 0.29) is 18.8 Å². The second-order valence-electron chi connectivity index (χ2n) is 4.05. The van der Waals surface area contributed by atoms with Crippen molar-refractivity contribution in [3.8, 4) is 0 Å². The van der Waals surface area contributed by atoms with E-state index in [0.717, 1.165) is 0 Å². The van der Waals surface area contributed by atoms with E-state index in [4.69, 9.17) is 15.3 Å². The molecule has 20 heavy (non-hydrogen) atoms. The van der Waals surface area contributed by atoms with Gasteiger partial charge < -0.3 is 15.3 Å². The molecule has 0 aliphatic heterocycles. The van der Waals surface area contributed by atoms with Gasteiger partial charge in [0.15, 0.2) is 0 Å². The number of aliphatic carboxylic acids is 1. The molecule has 2 rings (SSSR count). The molecule has 0 aromatic carbocycles. The molecule has 0 aliphatic rings. The standard InChI is InChI=1S/C10H11N5O5/c11-8(10(16)17)3-6-4-14(13-12-6)5-7-1-2-9(20-7)15(18)19/h1-2,4,8H,3,5,11H2,(H,16,17). The minimum Gasteiger partial charge on any atom is -0.480 e. The lowest BCUT2D eigenvalue weighted by molar-refractivity contribution is -0.402. The van der Waals surface area contributed by atoms with Crippen molar-refractivity contribution in [2.24, 2.45) is 5.73 Å². The lowest BCUT2D eigenvalue weighted by Crippen LogP contribution is -2.32. The van der Waals surface area contributed by atoms with Crippen LogP contribution in [0.1, 0.15) is 11.5 Å². The molecule has 2 aromatic heterocycles.